The van der Waals surface area contributed by atoms with E-state index in [1.54, 1.807) is 25.1 Å². The quantitative estimate of drug-likeness (QED) is 0.514. The molecule has 0 unspecified atom stereocenters. The topological polar surface area (TPSA) is 82.3 Å². The number of halogens is 3. The molecule has 0 aliphatic heterocycles. The van der Waals surface area contributed by atoms with Crippen molar-refractivity contribution in [2.45, 2.75) is 31.0 Å². The number of carbonyl (C=O) groups is 1. The lowest BCUT2D eigenvalue weighted by atomic mass is 10.1. The van der Waals surface area contributed by atoms with Crippen LogP contribution in [0.2, 0.25) is 0 Å². The Hall–Kier alpha value is -3.01. The van der Waals surface area contributed by atoms with E-state index < -0.39 is 34.6 Å². The van der Waals surface area contributed by atoms with Crippen LogP contribution in [0.4, 0.5) is 13.2 Å². The van der Waals surface area contributed by atoms with Crippen LogP contribution in [-0.4, -0.2) is 26.1 Å². The Balaban J connectivity index is 1.79. The first-order valence-corrected chi connectivity index (χ1v) is 10.2. The molecule has 0 spiro atoms. The van der Waals surface area contributed by atoms with E-state index in [4.69, 9.17) is 9.26 Å². The third-order valence-corrected chi connectivity index (χ3v) is 5.51. The van der Waals surface area contributed by atoms with Gasteiger partial charge in [0, 0.05) is 11.3 Å². The molecule has 0 saturated carbocycles. The first-order chi connectivity index (χ1) is 14.2. The molecule has 0 aliphatic rings. The second kappa shape index (κ2) is 8.78. The van der Waals surface area contributed by atoms with Gasteiger partial charge in [-0.25, -0.2) is 4.79 Å². The number of nitrogens with zero attached hydrogens (tertiary/aromatic N) is 2. The average Bonchev–Trinajstić information content (AvgIpc) is 3.23. The van der Waals surface area contributed by atoms with E-state index >= 15 is 0 Å². The standard InChI is InChI=1S/C20H17F3N2O4S/c1-3-30(27)16-10-5-4-9-15(16)19(26)28-12(2)18-24-17(25-29-18)13-7-6-8-14(11-13)20(21,22)23/h4-12H,3H2,1-2H3/t12-,30+/m1/s1. The van der Waals surface area contributed by atoms with E-state index in [0.29, 0.717) is 10.6 Å². The van der Waals surface area contributed by atoms with E-state index in [1.165, 1.54) is 25.1 Å². The summed E-state index contributed by atoms with van der Waals surface area (Å²) in [4.78, 5) is 16.9. The van der Waals surface area contributed by atoms with Crippen LogP contribution in [0.1, 0.15) is 41.8 Å². The highest BCUT2D eigenvalue weighted by Crippen LogP contribution is 2.32. The Labute approximate surface area is 172 Å². The zero-order chi connectivity index (χ0) is 21.9. The highest BCUT2D eigenvalue weighted by atomic mass is 32.2. The molecule has 0 amide bonds. The molecule has 0 bridgehead atoms. The van der Waals surface area contributed by atoms with Gasteiger partial charge in [0.15, 0.2) is 6.10 Å². The summed E-state index contributed by atoms with van der Waals surface area (Å²) in [6, 6.07) is 10.9. The zero-order valence-corrected chi connectivity index (χ0v) is 16.8. The van der Waals surface area contributed by atoms with Gasteiger partial charge in [0.2, 0.25) is 5.82 Å². The van der Waals surface area contributed by atoms with Crippen molar-refractivity contribution in [2.24, 2.45) is 0 Å². The lowest BCUT2D eigenvalue weighted by Crippen LogP contribution is -2.12. The molecule has 3 aromatic rings. The van der Waals surface area contributed by atoms with Crippen LogP contribution in [-0.2, 0) is 21.7 Å². The smallest absolute Gasteiger partial charge is 0.416 e. The van der Waals surface area contributed by atoms with Crippen LogP contribution in [0, 0.1) is 0 Å². The maximum absolute atomic E-state index is 12.9. The van der Waals surface area contributed by atoms with Crippen LogP contribution in [0.3, 0.4) is 0 Å². The Morgan fingerprint density at radius 3 is 2.63 bits per heavy atom. The Morgan fingerprint density at radius 2 is 1.93 bits per heavy atom. The minimum Gasteiger partial charge on any atom is -0.449 e. The molecule has 0 N–H and O–H groups in total. The first-order valence-electron chi connectivity index (χ1n) is 8.90. The minimum absolute atomic E-state index is 0.0634. The Bertz CT molecular complexity index is 1080. The van der Waals surface area contributed by atoms with E-state index in [-0.39, 0.29) is 22.8 Å². The van der Waals surface area contributed by atoms with E-state index in [0.717, 1.165) is 12.1 Å². The second-order valence-corrected chi connectivity index (χ2v) is 7.92. The predicted molar refractivity (Wildman–Crippen MR) is 102 cm³/mol. The number of aromatic nitrogens is 2. The fraction of sp³-hybridized carbons (Fsp3) is 0.250. The Kier molecular flexibility index (Phi) is 6.35. The SMILES string of the molecule is CC[S@](=O)c1ccccc1C(=O)O[C@H](C)c1nc(-c2cccc(C(F)(F)F)c2)no1. The van der Waals surface area contributed by atoms with Gasteiger partial charge in [0.05, 0.1) is 26.8 Å². The lowest BCUT2D eigenvalue weighted by Gasteiger charge is -2.11. The summed E-state index contributed by atoms with van der Waals surface area (Å²) in [5, 5.41) is 3.68. The number of ether oxygens (including phenoxy) is 1. The second-order valence-electron chi connectivity index (χ2n) is 6.21. The summed E-state index contributed by atoms with van der Waals surface area (Å²) in [6.07, 6.45) is -5.47. The number of hydrogen-bond donors (Lipinski definition) is 0. The third-order valence-electron chi connectivity index (χ3n) is 4.14. The predicted octanol–water partition coefficient (Wildman–Crippen LogP) is 4.80. The molecule has 2 aromatic carbocycles. The maximum atomic E-state index is 12.9. The number of esters is 1. The van der Waals surface area contributed by atoms with Crippen LogP contribution in [0.5, 0.6) is 0 Å². The number of rotatable bonds is 6. The van der Waals surface area contributed by atoms with Crippen LogP contribution in [0.15, 0.2) is 57.9 Å². The van der Waals surface area contributed by atoms with E-state index in [2.05, 4.69) is 10.1 Å². The van der Waals surface area contributed by atoms with Crippen LogP contribution >= 0.6 is 0 Å². The van der Waals surface area contributed by atoms with E-state index in [9.17, 15) is 22.2 Å². The fourth-order valence-corrected chi connectivity index (χ4v) is 3.55. The highest BCUT2D eigenvalue weighted by Gasteiger charge is 2.31. The van der Waals surface area contributed by atoms with Gasteiger partial charge in [0.1, 0.15) is 0 Å². The third kappa shape index (κ3) is 4.76. The molecule has 2 atom stereocenters. The molecule has 30 heavy (non-hydrogen) atoms. The van der Waals surface area contributed by atoms with Crippen molar-refractivity contribution < 1.29 is 31.4 Å². The van der Waals surface area contributed by atoms with Gasteiger partial charge in [-0.2, -0.15) is 18.2 Å². The summed E-state index contributed by atoms with van der Waals surface area (Å²) in [6.45, 7) is 3.22. The molecular formula is C20H17F3N2O4S. The molecular weight excluding hydrogens is 421 g/mol. The molecule has 0 saturated heterocycles. The number of benzene rings is 2. The largest absolute Gasteiger partial charge is 0.449 e. The minimum atomic E-state index is -4.50. The van der Waals surface area contributed by atoms with Gasteiger partial charge in [-0.3, -0.25) is 4.21 Å². The number of alkyl halides is 3. The van der Waals surface area contributed by atoms with Gasteiger partial charge in [-0.05, 0) is 31.2 Å². The van der Waals surface area contributed by atoms with Crippen LogP contribution < -0.4 is 0 Å². The maximum Gasteiger partial charge on any atom is 0.416 e. The molecule has 1 aromatic heterocycles. The van der Waals surface area contributed by atoms with Crippen molar-refractivity contribution in [2.75, 3.05) is 5.75 Å². The first kappa shape index (κ1) is 21.7. The van der Waals surface area contributed by atoms with Crippen molar-refractivity contribution in [1.29, 1.82) is 0 Å². The van der Waals surface area contributed by atoms with Crippen molar-refractivity contribution in [1.82, 2.24) is 10.1 Å². The summed E-state index contributed by atoms with van der Waals surface area (Å²) in [7, 11) is -1.36. The molecule has 0 aliphatic carbocycles. The summed E-state index contributed by atoms with van der Waals surface area (Å²) in [5.41, 5.74) is -0.574. The fourth-order valence-electron chi connectivity index (χ4n) is 2.62. The van der Waals surface area contributed by atoms with Crippen molar-refractivity contribution >= 4 is 16.8 Å². The summed E-state index contributed by atoms with van der Waals surface area (Å²) < 4.78 is 61.2. The molecule has 1 heterocycles. The van der Waals surface area contributed by atoms with Crippen molar-refractivity contribution in [3.05, 3.63) is 65.5 Å². The van der Waals surface area contributed by atoms with Gasteiger partial charge in [0.25, 0.3) is 5.89 Å². The molecule has 0 radical (unpaired) electrons. The Morgan fingerprint density at radius 1 is 1.20 bits per heavy atom. The lowest BCUT2D eigenvalue weighted by molar-refractivity contribution is -0.137. The summed E-state index contributed by atoms with van der Waals surface area (Å²) in [5.74, 6) is -0.529. The van der Waals surface area contributed by atoms with Crippen LogP contribution in [0.25, 0.3) is 11.4 Å². The van der Waals surface area contributed by atoms with Crippen molar-refractivity contribution in [3.63, 3.8) is 0 Å². The van der Waals surface area contributed by atoms with Gasteiger partial charge < -0.3 is 9.26 Å². The molecule has 3 rings (SSSR count). The van der Waals surface area contributed by atoms with Gasteiger partial charge in [-0.15, -0.1) is 0 Å². The average molecular weight is 438 g/mol. The number of hydrogen-bond acceptors (Lipinski definition) is 6. The molecule has 0 fully saturated rings. The van der Waals surface area contributed by atoms with E-state index in [1.807, 2.05) is 0 Å². The van der Waals surface area contributed by atoms with Gasteiger partial charge >= 0.3 is 12.1 Å². The van der Waals surface area contributed by atoms with Crippen molar-refractivity contribution in [3.8, 4) is 11.4 Å². The monoisotopic (exact) mass is 438 g/mol. The number of carbonyl (C=O) groups excluding carboxylic acids is 1. The summed E-state index contributed by atoms with van der Waals surface area (Å²) >= 11 is 0. The normalized spacial score (nSPS) is 13.6. The van der Waals surface area contributed by atoms with Gasteiger partial charge in [-0.1, -0.05) is 36.3 Å². The molecule has 10 heteroatoms. The zero-order valence-electron chi connectivity index (χ0n) is 16.0. The highest BCUT2D eigenvalue weighted by molar-refractivity contribution is 7.85. The molecule has 6 nitrogen and oxygen atoms in total. The molecule has 158 valence electrons.